The molecule has 1 aliphatic rings. The average Bonchev–Trinajstić information content (AvgIpc) is 2.39. The molecule has 18 heavy (non-hydrogen) atoms. The van der Waals surface area contributed by atoms with Crippen LogP contribution < -0.4 is 10.6 Å². The Morgan fingerprint density at radius 1 is 1.56 bits per heavy atom. The molecule has 1 saturated heterocycles. The molecule has 0 aromatic heterocycles. The summed E-state index contributed by atoms with van der Waals surface area (Å²) in [4.78, 5) is 2.11. The van der Waals surface area contributed by atoms with Crippen LogP contribution in [0.4, 0.5) is 10.1 Å². The van der Waals surface area contributed by atoms with Crippen LogP contribution in [0.15, 0.2) is 24.3 Å². The molecule has 2 N–H and O–H groups in total. The highest BCUT2D eigenvalue weighted by atomic mass is 19.1. The van der Waals surface area contributed by atoms with Gasteiger partial charge in [0.25, 0.3) is 0 Å². The lowest BCUT2D eigenvalue weighted by molar-refractivity contribution is 0.0109. The van der Waals surface area contributed by atoms with Crippen LogP contribution in [0.5, 0.6) is 0 Å². The number of nitrogens with two attached hydrogens (primary N) is 1. The summed E-state index contributed by atoms with van der Waals surface area (Å²) in [7, 11) is 1.99. The second kappa shape index (κ2) is 5.24. The topological polar surface area (TPSA) is 38.5 Å². The summed E-state index contributed by atoms with van der Waals surface area (Å²) >= 11 is 0. The van der Waals surface area contributed by atoms with E-state index in [1.807, 2.05) is 13.1 Å². The van der Waals surface area contributed by atoms with Crippen LogP contribution in [0, 0.1) is 11.7 Å². The second-order valence-corrected chi connectivity index (χ2v) is 5.07. The lowest BCUT2D eigenvalue weighted by atomic mass is 9.79. The van der Waals surface area contributed by atoms with E-state index >= 15 is 0 Å². The standard InChI is InChI=1S/C14H21FN2O/c1-11-9-18-7-6-14(11,10-16)17(2)13-5-3-4-12(15)8-13/h3-5,8,11H,6-7,9-10,16H2,1-2H3. The molecule has 1 heterocycles. The third kappa shape index (κ3) is 2.22. The van der Waals surface area contributed by atoms with Gasteiger partial charge in [-0.25, -0.2) is 4.39 Å². The van der Waals surface area contributed by atoms with Crippen LogP contribution in [0.3, 0.4) is 0 Å². The highest BCUT2D eigenvalue weighted by molar-refractivity contribution is 5.49. The average molecular weight is 252 g/mol. The van der Waals surface area contributed by atoms with Gasteiger partial charge < -0.3 is 15.4 Å². The first-order valence-corrected chi connectivity index (χ1v) is 6.37. The molecule has 4 heteroatoms. The number of anilines is 1. The Hall–Kier alpha value is -1.13. The Morgan fingerprint density at radius 2 is 2.33 bits per heavy atom. The summed E-state index contributed by atoms with van der Waals surface area (Å²) in [5, 5.41) is 0. The summed E-state index contributed by atoms with van der Waals surface area (Å²) < 4.78 is 18.8. The van der Waals surface area contributed by atoms with Crippen molar-refractivity contribution in [2.45, 2.75) is 18.9 Å². The molecule has 100 valence electrons. The minimum atomic E-state index is -0.216. The van der Waals surface area contributed by atoms with Gasteiger partial charge in [-0.2, -0.15) is 0 Å². The van der Waals surface area contributed by atoms with Crippen molar-refractivity contribution in [3.63, 3.8) is 0 Å². The fourth-order valence-electron chi connectivity index (χ4n) is 2.79. The van der Waals surface area contributed by atoms with Gasteiger partial charge in [-0.3, -0.25) is 0 Å². The van der Waals surface area contributed by atoms with Gasteiger partial charge in [0, 0.05) is 31.8 Å². The molecule has 0 radical (unpaired) electrons. The van der Waals surface area contributed by atoms with E-state index in [9.17, 15) is 4.39 Å². The molecule has 0 aliphatic carbocycles. The monoisotopic (exact) mass is 252 g/mol. The Morgan fingerprint density at radius 3 is 2.94 bits per heavy atom. The molecular formula is C14H21FN2O. The van der Waals surface area contributed by atoms with Crippen molar-refractivity contribution in [1.29, 1.82) is 0 Å². The van der Waals surface area contributed by atoms with Crippen molar-refractivity contribution in [2.75, 3.05) is 31.7 Å². The second-order valence-electron chi connectivity index (χ2n) is 5.07. The zero-order chi connectivity index (χ0) is 13.2. The maximum absolute atomic E-state index is 13.3. The van der Waals surface area contributed by atoms with Gasteiger partial charge in [-0.15, -0.1) is 0 Å². The molecule has 0 saturated carbocycles. The van der Waals surface area contributed by atoms with Gasteiger partial charge in [0.15, 0.2) is 0 Å². The highest BCUT2D eigenvalue weighted by Crippen LogP contribution is 2.34. The van der Waals surface area contributed by atoms with Gasteiger partial charge in [0.1, 0.15) is 5.82 Å². The Labute approximate surface area is 108 Å². The van der Waals surface area contributed by atoms with Crippen LogP contribution in [0.25, 0.3) is 0 Å². The number of halogens is 1. The van der Waals surface area contributed by atoms with Gasteiger partial charge >= 0.3 is 0 Å². The predicted molar refractivity (Wildman–Crippen MR) is 71.2 cm³/mol. The van der Waals surface area contributed by atoms with Crippen LogP contribution in [0.2, 0.25) is 0 Å². The molecule has 3 nitrogen and oxygen atoms in total. The molecule has 2 atom stereocenters. The minimum Gasteiger partial charge on any atom is -0.381 e. The maximum Gasteiger partial charge on any atom is 0.125 e. The van der Waals surface area contributed by atoms with E-state index in [4.69, 9.17) is 10.5 Å². The molecule has 0 spiro atoms. The maximum atomic E-state index is 13.3. The van der Waals surface area contributed by atoms with Crippen LogP contribution in [-0.2, 0) is 4.74 Å². The number of rotatable bonds is 3. The quantitative estimate of drug-likeness (QED) is 0.894. The van der Waals surface area contributed by atoms with Crippen molar-refractivity contribution < 1.29 is 9.13 Å². The van der Waals surface area contributed by atoms with Gasteiger partial charge in [-0.1, -0.05) is 13.0 Å². The highest BCUT2D eigenvalue weighted by Gasteiger charge is 2.41. The number of hydrogen-bond donors (Lipinski definition) is 1. The van der Waals surface area contributed by atoms with Crippen molar-refractivity contribution >= 4 is 5.69 Å². The number of nitrogens with zero attached hydrogens (tertiary/aromatic N) is 1. The van der Waals surface area contributed by atoms with E-state index in [2.05, 4.69) is 11.8 Å². The van der Waals surface area contributed by atoms with Crippen LogP contribution in [-0.4, -0.2) is 32.3 Å². The minimum absolute atomic E-state index is 0.147. The van der Waals surface area contributed by atoms with Gasteiger partial charge in [-0.05, 0) is 24.6 Å². The first-order valence-electron chi connectivity index (χ1n) is 6.37. The third-order valence-electron chi connectivity index (χ3n) is 4.18. The number of benzene rings is 1. The molecule has 0 bridgehead atoms. The molecular weight excluding hydrogens is 231 g/mol. The summed E-state index contributed by atoms with van der Waals surface area (Å²) in [6.45, 7) is 4.10. The van der Waals surface area contributed by atoms with Crippen LogP contribution in [0.1, 0.15) is 13.3 Å². The summed E-state index contributed by atoms with van der Waals surface area (Å²) in [5.41, 5.74) is 6.74. The first kappa shape index (κ1) is 13.3. The molecule has 2 unspecified atom stereocenters. The third-order valence-corrected chi connectivity index (χ3v) is 4.18. The van der Waals surface area contributed by atoms with Gasteiger partial charge in [0.05, 0.1) is 12.1 Å². The number of hydrogen-bond acceptors (Lipinski definition) is 3. The molecule has 1 fully saturated rings. The van der Waals surface area contributed by atoms with E-state index < -0.39 is 0 Å². The Kier molecular flexibility index (Phi) is 3.88. The first-order chi connectivity index (χ1) is 8.60. The zero-order valence-electron chi connectivity index (χ0n) is 11.0. The van der Waals surface area contributed by atoms with E-state index in [0.717, 1.165) is 12.1 Å². The Bertz CT molecular complexity index is 413. The lowest BCUT2D eigenvalue weighted by Crippen LogP contribution is -2.60. The number of likely N-dealkylation sites (N-methyl/N-ethyl adjacent to an activating group) is 1. The van der Waals surface area contributed by atoms with E-state index in [1.165, 1.54) is 6.07 Å². The number of ether oxygens (including phenoxy) is 1. The lowest BCUT2D eigenvalue weighted by Gasteiger charge is -2.49. The largest absolute Gasteiger partial charge is 0.381 e. The molecule has 0 amide bonds. The van der Waals surface area contributed by atoms with Crippen molar-refractivity contribution in [3.8, 4) is 0 Å². The molecule has 1 aliphatic heterocycles. The predicted octanol–water partition coefficient (Wildman–Crippen LogP) is 2.02. The van der Waals surface area contributed by atoms with Crippen molar-refractivity contribution in [3.05, 3.63) is 30.1 Å². The van der Waals surface area contributed by atoms with Crippen LogP contribution >= 0.6 is 0 Å². The molecule has 1 aromatic carbocycles. The Balaban J connectivity index is 2.31. The summed E-state index contributed by atoms with van der Waals surface area (Å²) in [5.74, 6) is 0.107. The van der Waals surface area contributed by atoms with Gasteiger partial charge in [0.2, 0.25) is 0 Å². The molecule has 2 rings (SSSR count). The summed E-state index contributed by atoms with van der Waals surface area (Å²) in [6.07, 6.45) is 0.873. The smallest absolute Gasteiger partial charge is 0.125 e. The van der Waals surface area contributed by atoms with E-state index in [0.29, 0.717) is 25.7 Å². The van der Waals surface area contributed by atoms with Crippen molar-refractivity contribution in [2.24, 2.45) is 11.7 Å². The SMILES string of the molecule is CC1COCCC1(CN)N(C)c1cccc(F)c1. The fraction of sp³-hybridized carbons (Fsp3) is 0.571. The fourth-order valence-corrected chi connectivity index (χ4v) is 2.79. The normalized spacial score (nSPS) is 28.1. The zero-order valence-corrected chi connectivity index (χ0v) is 11.0. The van der Waals surface area contributed by atoms with Crippen molar-refractivity contribution in [1.82, 2.24) is 0 Å². The van der Waals surface area contributed by atoms with E-state index in [-0.39, 0.29) is 11.4 Å². The summed E-state index contributed by atoms with van der Waals surface area (Å²) in [6, 6.07) is 6.66. The molecule has 1 aromatic rings. The van der Waals surface area contributed by atoms with E-state index in [1.54, 1.807) is 12.1 Å².